The lowest BCUT2D eigenvalue weighted by Crippen LogP contribution is -2.16. The van der Waals surface area contributed by atoms with Crippen molar-refractivity contribution < 1.29 is 9.63 Å². The van der Waals surface area contributed by atoms with Crippen molar-refractivity contribution in [3.63, 3.8) is 0 Å². The standard InChI is InChI=1S/C8H13N3O2/c9-6(4-12)7-10-8(13-11-7)5-2-1-3-5/h5-6,12H,1-4,9H2. The van der Waals surface area contributed by atoms with Gasteiger partial charge in [-0.2, -0.15) is 4.98 Å². The maximum absolute atomic E-state index is 8.76. The number of hydrogen-bond acceptors (Lipinski definition) is 5. The van der Waals surface area contributed by atoms with Crippen LogP contribution in [-0.2, 0) is 0 Å². The first-order valence-corrected chi connectivity index (χ1v) is 4.51. The van der Waals surface area contributed by atoms with E-state index in [1.807, 2.05) is 0 Å². The number of nitrogens with zero attached hydrogens (tertiary/aromatic N) is 2. The van der Waals surface area contributed by atoms with Crippen molar-refractivity contribution in [2.45, 2.75) is 31.2 Å². The van der Waals surface area contributed by atoms with E-state index < -0.39 is 6.04 Å². The maximum atomic E-state index is 8.76. The fourth-order valence-electron chi connectivity index (χ4n) is 1.30. The highest BCUT2D eigenvalue weighted by Crippen LogP contribution is 2.35. The lowest BCUT2D eigenvalue weighted by atomic mass is 9.85. The van der Waals surface area contributed by atoms with Crippen LogP contribution in [0.3, 0.4) is 0 Å². The Morgan fingerprint density at radius 2 is 2.38 bits per heavy atom. The Kier molecular flexibility index (Phi) is 2.28. The molecule has 5 heteroatoms. The molecule has 3 N–H and O–H groups in total. The minimum Gasteiger partial charge on any atom is -0.394 e. The number of nitrogens with two attached hydrogens (primary N) is 1. The van der Waals surface area contributed by atoms with E-state index in [9.17, 15) is 0 Å². The van der Waals surface area contributed by atoms with E-state index >= 15 is 0 Å². The number of hydrogen-bond donors (Lipinski definition) is 2. The molecule has 1 aliphatic rings. The fourth-order valence-corrected chi connectivity index (χ4v) is 1.30. The van der Waals surface area contributed by atoms with E-state index in [1.54, 1.807) is 0 Å². The van der Waals surface area contributed by atoms with Crippen molar-refractivity contribution in [2.24, 2.45) is 5.73 Å². The van der Waals surface area contributed by atoms with Gasteiger partial charge in [-0.25, -0.2) is 0 Å². The normalized spacial score (nSPS) is 19.8. The van der Waals surface area contributed by atoms with Crippen LogP contribution in [0.1, 0.15) is 42.9 Å². The molecule has 1 aliphatic carbocycles. The van der Waals surface area contributed by atoms with E-state index in [4.69, 9.17) is 15.4 Å². The van der Waals surface area contributed by atoms with Gasteiger partial charge < -0.3 is 15.4 Å². The van der Waals surface area contributed by atoms with Crippen LogP contribution in [0.2, 0.25) is 0 Å². The average Bonchev–Trinajstić information content (AvgIpc) is 2.49. The van der Waals surface area contributed by atoms with Gasteiger partial charge in [0.2, 0.25) is 5.89 Å². The molecule has 0 aromatic carbocycles. The molecule has 1 unspecified atom stereocenters. The third-order valence-electron chi connectivity index (χ3n) is 2.44. The van der Waals surface area contributed by atoms with Gasteiger partial charge in [0.1, 0.15) is 0 Å². The number of aliphatic hydroxyl groups is 1. The zero-order chi connectivity index (χ0) is 9.26. The molecular weight excluding hydrogens is 170 g/mol. The predicted molar refractivity (Wildman–Crippen MR) is 44.9 cm³/mol. The summed E-state index contributed by atoms with van der Waals surface area (Å²) >= 11 is 0. The summed E-state index contributed by atoms with van der Waals surface area (Å²) in [6, 6.07) is -0.516. The van der Waals surface area contributed by atoms with Crippen LogP contribution < -0.4 is 5.73 Å². The first-order chi connectivity index (χ1) is 6.31. The molecule has 0 amide bonds. The molecule has 1 atom stereocenters. The summed E-state index contributed by atoms with van der Waals surface area (Å²) in [4.78, 5) is 4.14. The van der Waals surface area contributed by atoms with Crippen LogP contribution in [-0.4, -0.2) is 21.9 Å². The lowest BCUT2D eigenvalue weighted by Gasteiger charge is -2.20. The van der Waals surface area contributed by atoms with E-state index in [1.165, 1.54) is 6.42 Å². The van der Waals surface area contributed by atoms with Crippen molar-refractivity contribution in [3.8, 4) is 0 Å². The zero-order valence-electron chi connectivity index (χ0n) is 7.31. The smallest absolute Gasteiger partial charge is 0.229 e. The second-order valence-corrected chi connectivity index (χ2v) is 3.41. The van der Waals surface area contributed by atoms with Crippen LogP contribution in [0.25, 0.3) is 0 Å². The maximum Gasteiger partial charge on any atom is 0.229 e. The Bertz CT molecular complexity index is 263. The minimum atomic E-state index is -0.516. The highest BCUT2D eigenvalue weighted by molar-refractivity contribution is 5.00. The van der Waals surface area contributed by atoms with E-state index in [2.05, 4.69) is 10.1 Å². The van der Waals surface area contributed by atoms with E-state index in [-0.39, 0.29) is 6.61 Å². The van der Waals surface area contributed by atoms with E-state index in [0.717, 1.165) is 12.8 Å². The average molecular weight is 183 g/mol. The fraction of sp³-hybridized carbons (Fsp3) is 0.750. The molecule has 13 heavy (non-hydrogen) atoms. The van der Waals surface area contributed by atoms with Crippen LogP contribution in [0.15, 0.2) is 4.52 Å². The molecule has 1 aromatic rings. The molecule has 0 bridgehead atoms. The molecule has 1 aromatic heterocycles. The monoisotopic (exact) mass is 183 g/mol. The van der Waals surface area contributed by atoms with Gasteiger partial charge in [-0.1, -0.05) is 11.6 Å². The Hall–Kier alpha value is -0.940. The molecule has 0 aliphatic heterocycles. The molecule has 2 rings (SSSR count). The second kappa shape index (κ2) is 3.43. The van der Waals surface area contributed by atoms with Crippen molar-refractivity contribution >= 4 is 0 Å². The SMILES string of the molecule is NC(CO)c1noc(C2CCC2)n1. The molecule has 0 radical (unpaired) electrons. The summed E-state index contributed by atoms with van der Waals surface area (Å²) in [5.41, 5.74) is 5.53. The summed E-state index contributed by atoms with van der Waals surface area (Å²) in [5, 5.41) is 12.5. The summed E-state index contributed by atoms with van der Waals surface area (Å²) < 4.78 is 5.04. The molecule has 1 saturated carbocycles. The third-order valence-corrected chi connectivity index (χ3v) is 2.44. The van der Waals surface area contributed by atoms with E-state index in [0.29, 0.717) is 17.6 Å². The van der Waals surface area contributed by atoms with Crippen LogP contribution >= 0.6 is 0 Å². The number of rotatable bonds is 3. The highest BCUT2D eigenvalue weighted by Gasteiger charge is 2.26. The molecule has 72 valence electrons. The molecule has 1 heterocycles. The van der Waals surface area contributed by atoms with Gasteiger partial charge in [0.15, 0.2) is 5.82 Å². The minimum absolute atomic E-state index is 0.149. The zero-order valence-corrected chi connectivity index (χ0v) is 7.31. The van der Waals surface area contributed by atoms with Gasteiger partial charge in [0.25, 0.3) is 0 Å². The van der Waals surface area contributed by atoms with Gasteiger partial charge >= 0.3 is 0 Å². The first-order valence-electron chi connectivity index (χ1n) is 4.51. The first kappa shape index (κ1) is 8.65. The van der Waals surface area contributed by atoms with Crippen LogP contribution in [0.5, 0.6) is 0 Å². The van der Waals surface area contributed by atoms with Crippen LogP contribution in [0.4, 0.5) is 0 Å². The molecule has 0 spiro atoms. The second-order valence-electron chi connectivity index (χ2n) is 3.41. The number of aliphatic hydroxyl groups excluding tert-OH is 1. The van der Waals surface area contributed by atoms with Crippen molar-refractivity contribution in [2.75, 3.05) is 6.61 Å². The van der Waals surface area contributed by atoms with Crippen LogP contribution in [0, 0.1) is 0 Å². The van der Waals surface area contributed by atoms with Gasteiger partial charge in [-0.3, -0.25) is 0 Å². The molecular formula is C8H13N3O2. The summed E-state index contributed by atoms with van der Waals surface area (Å²) in [7, 11) is 0. The summed E-state index contributed by atoms with van der Waals surface area (Å²) in [5.74, 6) is 1.50. The number of aromatic nitrogens is 2. The predicted octanol–water partition coefficient (Wildman–Crippen LogP) is 0.329. The summed E-state index contributed by atoms with van der Waals surface area (Å²) in [6.07, 6.45) is 3.47. The van der Waals surface area contributed by atoms with Gasteiger partial charge in [0.05, 0.1) is 12.6 Å². The topological polar surface area (TPSA) is 85.2 Å². The highest BCUT2D eigenvalue weighted by atomic mass is 16.5. The largest absolute Gasteiger partial charge is 0.394 e. The van der Waals surface area contributed by atoms with Crippen molar-refractivity contribution in [3.05, 3.63) is 11.7 Å². The van der Waals surface area contributed by atoms with Gasteiger partial charge in [0, 0.05) is 5.92 Å². The van der Waals surface area contributed by atoms with Crippen molar-refractivity contribution in [1.29, 1.82) is 0 Å². The molecule has 1 fully saturated rings. The van der Waals surface area contributed by atoms with Crippen molar-refractivity contribution in [1.82, 2.24) is 10.1 Å². The Morgan fingerprint density at radius 1 is 1.62 bits per heavy atom. The molecule has 0 saturated heterocycles. The quantitative estimate of drug-likeness (QED) is 0.705. The Balaban J connectivity index is 2.08. The lowest BCUT2D eigenvalue weighted by molar-refractivity contribution is 0.257. The Morgan fingerprint density at radius 3 is 2.92 bits per heavy atom. The Labute approximate surface area is 75.9 Å². The molecule has 5 nitrogen and oxygen atoms in total. The van der Waals surface area contributed by atoms with Gasteiger partial charge in [-0.05, 0) is 12.8 Å². The van der Waals surface area contributed by atoms with Gasteiger partial charge in [-0.15, -0.1) is 0 Å². The summed E-state index contributed by atoms with van der Waals surface area (Å²) in [6.45, 7) is -0.149. The third kappa shape index (κ3) is 1.57.